The fraction of sp³-hybridized carbons (Fsp3) is 0.833. The minimum Gasteiger partial charge on any atom is -0.463 e. The quantitative estimate of drug-likeness (QED) is 0.182. The molecule has 0 bridgehead atoms. The molecule has 5 heteroatoms. The number of hydrogen-bond donors (Lipinski definition) is 0. The standard InChI is InChI=1S/C18H36O4Si/c1-5-15-18(19)20-16-13-11-9-8-10-12-14-17-23(4,21-6-2)22-7-3/h5,15H,6-14,16-17H2,1-4H3. The van der Waals surface area contributed by atoms with Crippen LogP contribution in [0.15, 0.2) is 12.2 Å². The first-order valence-corrected chi connectivity index (χ1v) is 11.7. The second kappa shape index (κ2) is 14.9. The van der Waals surface area contributed by atoms with Crippen LogP contribution in [0.25, 0.3) is 0 Å². The summed E-state index contributed by atoms with van der Waals surface area (Å²) in [6, 6.07) is 1.09. The number of unbranched alkanes of at least 4 members (excludes halogenated alkanes) is 6. The van der Waals surface area contributed by atoms with Crippen LogP contribution in [0.5, 0.6) is 0 Å². The number of rotatable bonds is 15. The Bertz CT molecular complexity index is 312. The van der Waals surface area contributed by atoms with Gasteiger partial charge in [0.05, 0.1) is 6.61 Å². The largest absolute Gasteiger partial charge is 0.463 e. The smallest absolute Gasteiger partial charge is 0.334 e. The molecule has 4 nitrogen and oxygen atoms in total. The molecule has 0 N–H and O–H groups in total. The second-order valence-corrected chi connectivity index (χ2v) is 9.24. The Labute approximate surface area is 143 Å². The van der Waals surface area contributed by atoms with Crippen molar-refractivity contribution in [2.75, 3.05) is 19.8 Å². The molecule has 136 valence electrons. The van der Waals surface area contributed by atoms with Crippen LogP contribution in [-0.4, -0.2) is 34.4 Å². The van der Waals surface area contributed by atoms with Gasteiger partial charge in [0.15, 0.2) is 0 Å². The summed E-state index contributed by atoms with van der Waals surface area (Å²) in [6.07, 6.45) is 11.4. The normalized spacial score (nSPS) is 12.0. The first-order chi connectivity index (χ1) is 11.1. The zero-order valence-corrected chi connectivity index (χ0v) is 16.6. The third-order valence-corrected chi connectivity index (χ3v) is 6.78. The summed E-state index contributed by atoms with van der Waals surface area (Å²) in [6.45, 7) is 10.1. The van der Waals surface area contributed by atoms with Gasteiger partial charge < -0.3 is 13.6 Å². The molecule has 0 amide bonds. The highest BCUT2D eigenvalue weighted by atomic mass is 28.4. The van der Waals surface area contributed by atoms with Crippen LogP contribution in [0.1, 0.15) is 65.7 Å². The predicted molar refractivity (Wildman–Crippen MR) is 97.8 cm³/mol. The van der Waals surface area contributed by atoms with E-state index in [1.807, 2.05) is 20.8 Å². The Morgan fingerprint density at radius 3 is 1.96 bits per heavy atom. The Hall–Kier alpha value is -0.653. The monoisotopic (exact) mass is 344 g/mol. The molecule has 0 aromatic rings. The van der Waals surface area contributed by atoms with Crippen LogP contribution >= 0.6 is 0 Å². The Balaban J connectivity index is 3.46. The first kappa shape index (κ1) is 22.3. The van der Waals surface area contributed by atoms with Gasteiger partial charge in [-0.3, -0.25) is 0 Å². The summed E-state index contributed by atoms with van der Waals surface area (Å²) in [5.74, 6) is -0.233. The summed E-state index contributed by atoms with van der Waals surface area (Å²) in [5.41, 5.74) is 0. The second-order valence-electron chi connectivity index (χ2n) is 5.89. The van der Waals surface area contributed by atoms with Crippen LogP contribution in [0, 0.1) is 0 Å². The van der Waals surface area contributed by atoms with Crippen LogP contribution in [0.2, 0.25) is 12.6 Å². The molecule has 0 aliphatic carbocycles. The number of hydrogen-bond acceptors (Lipinski definition) is 4. The highest BCUT2D eigenvalue weighted by molar-refractivity contribution is 6.66. The topological polar surface area (TPSA) is 44.8 Å². The van der Waals surface area contributed by atoms with Crippen molar-refractivity contribution in [2.24, 2.45) is 0 Å². The number of carbonyl (C=O) groups is 1. The molecule has 0 unspecified atom stereocenters. The lowest BCUT2D eigenvalue weighted by Crippen LogP contribution is -2.38. The van der Waals surface area contributed by atoms with Gasteiger partial charge in [0.2, 0.25) is 0 Å². The molecule has 0 heterocycles. The number of esters is 1. The van der Waals surface area contributed by atoms with Gasteiger partial charge in [0, 0.05) is 19.3 Å². The van der Waals surface area contributed by atoms with Gasteiger partial charge >= 0.3 is 14.5 Å². The predicted octanol–water partition coefficient (Wildman–Crippen LogP) is 4.98. The van der Waals surface area contributed by atoms with Crippen molar-refractivity contribution in [3.05, 3.63) is 12.2 Å². The van der Waals surface area contributed by atoms with E-state index in [0.717, 1.165) is 32.1 Å². The third kappa shape index (κ3) is 13.5. The molecule has 0 saturated heterocycles. The van der Waals surface area contributed by atoms with Gasteiger partial charge in [-0.15, -0.1) is 0 Å². The van der Waals surface area contributed by atoms with Crippen molar-refractivity contribution in [3.8, 4) is 0 Å². The Morgan fingerprint density at radius 1 is 0.913 bits per heavy atom. The van der Waals surface area contributed by atoms with E-state index < -0.39 is 8.56 Å². The van der Waals surface area contributed by atoms with Crippen LogP contribution in [0.3, 0.4) is 0 Å². The molecule has 0 atom stereocenters. The highest BCUT2D eigenvalue weighted by Crippen LogP contribution is 2.19. The first-order valence-electron chi connectivity index (χ1n) is 9.15. The number of carbonyl (C=O) groups excluding carboxylic acids is 1. The number of ether oxygens (including phenoxy) is 1. The van der Waals surface area contributed by atoms with Gasteiger partial charge in [-0.1, -0.05) is 44.6 Å². The van der Waals surface area contributed by atoms with Crippen LogP contribution in [-0.2, 0) is 18.4 Å². The van der Waals surface area contributed by atoms with E-state index >= 15 is 0 Å². The van der Waals surface area contributed by atoms with Crippen molar-refractivity contribution in [3.63, 3.8) is 0 Å². The van der Waals surface area contributed by atoms with E-state index in [-0.39, 0.29) is 5.97 Å². The zero-order valence-electron chi connectivity index (χ0n) is 15.6. The fourth-order valence-electron chi connectivity index (χ4n) is 2.59. The van der Waals surface area contributed by atoms with E-state index in [2.05, 4.69) is 6.55 Å². The van der Waals surface area contributed by atoms with E-state index in [0.29, 0.717) is 6.61 Å². The molecule has 0 radical (unpaired) electrons. The maximum absolute atomic E-state index is 11.1. The number of allylic oxidation sites excluding steroid dienone is 1. The SMILES string of the molecule is CC=CC(=O)OCCCCCCCCC[Si](C)(OCC)OCC. The maximum Gasteiger partial charge on any atom is 0.334 e. The molecular formula is C18H36O4Si. The van der Waals surface area contributed by atoms with Crippen molar-refractivity contribution in [2.45, 2.75) is 78.3 Å². The van der Waals surface area contributed by atoms with Gasteiger partial charge in [-0.25, -0.2) is 4.79 Å². The molecular weight excluding hydrogens is 308 g/mol. The Morgan fingerprint density at radius 2 is 1.43 bits per heavy atom. The van der Waals surface area contributed by atoms with Crippen molar-refractivity contribution in [1.29, 1.82) is 0 Å². The molecule has 0 aliphatic rings. The molecule has 0 fully saturated rings. The maximum atomic E-state index is 11.1. The van der Waals surface area contributed by atoms with E-state index in [1.165, 1.54) is 38.2 Å². The summed E-state index contributed by atoms with van der Waals surface area (Å²) >= 11 is 0. The third-order valence-electron chi connectivity index (χ3n) is 3.72. The minimum atomic E-state index is -1.91. The van der Waals surface area contributed by atoms with E-state index in [4.69, 9.17) is 13.6 Å². The fourth-order valence-corrected chi connectivity index (χ4v) is 5.07. The lowest BCUT2D eigenvalue weighted by molar-refractivity contribution is -0.137. The van der Waals surface area contributed by atoms with Crippen molar-refractivity contribution < 1.29 is 18.4 Å². The average Bonchev–Trinajstić information content (AvgIpc) is 2.50. The highest BCUT2D eigenvalue weighted by Gasteiger charge is 2.29. The summed E-state index contributed by atoms with van der Waals surface area (Å²) in [5, 5.41) is 0. The van der Waals surface area contributed by atoms with Crippen LogP contribution < -0.4 is 0 Å². The minimum absolute atomic E-state index is 0.233. The lowest BCUT2D eigenvalue weighted by atomic mass is 10.1. The van der Waals surface area contributed by atoms with Gasteiger partial charge in [0.25, 0.3) is 0 Å². The van der Waals surface area contributed by atoms with Crippen molar-refractivity contribution in [1.82, 2.24) is 0 Å². The molecule has 0 aromatic heterocycles. The van der Waals surface area contributed by atoms with Crippen LogP contribution in [0.4, 0.5) is 0 Å². The summed E-state index contributed by atoms with van der Waals surface area (Å²) in [7, 11) is -1.91. The molecule has 0 aromatic carbocycles. The summed E-state index contributed by atoms with van der Waals surface area (Å²) in [4.78, 5) is 11.1. The lowest BCUT2D eigenvalue weighted by Gasteiger charge is -2.25. The average molecular weight is 345 g/mol. The molecule has 0 aliphatic heterocycles. The Kier molecular flexibility index (Phi) is 14.5. The van der Waals surface area contributed by atoms with E-state index in [9.17, 15) is 4.79 Å². The van der Waals surface area contributed by atoms with E-state index in [1.54, 1.807) is 6.08 Å². The van der Waals surface area contributed by atoms with Gasteiger partial charge in [-0.05, 0) is 39.8 Å². The van der Waals surface area contributed by atoms with Gasteiger partial charge in [0.1, 0.15) is 0 Å². The summed E-state index contributed by atoms with van der Waals surface area (Å²) < 4.78 is 16.8. The molecule has 0 rings (SSSR count). The molecule has 0 saturated carbocycles. The van der Waals surface area contributed by atoms with Gasteiger partial charge in [-0.2, -0.15) is 0 Å². The molecule has 23 heavy (non-hydrogen) atoms. The zero-order chi connectivity index (χ0) is 17.4. The molecule has 0 spiro atoms. The van der Waals surface area contributed by atoms with Crippen molar-refractivity contribution >= 4 is 14.5 Å².